The molecule has 0 saturated carbocycles. The van der Waals surface area contributed by atoms with Gasteiger partial charge in [0, 0.05) is 24.7 Å². The Labute approximate surface area is 162 Å². The van der Waals surface area contributed by atoms with Crippen molar-refractivity contribution in [3.05, 3.63) is 33.3 Å². The van der Waals surface area contributed by atoms with E-state index in [2.05, 4.69) is 15.9 Å². The lowest BCUT2D eigenvalue weighted by Gasteiger charge is -2.46. The van der Waals surface area contributed by atoms with Crippen LogP contribution in [-0.4, -0.2) is 65.5 Å². The smallest absolute Gasteiger partial charge is 0.251 e. The summed E-state index contributed by atoms with van der Waals surface area (Å²) < 4.78 is 5.91. The molecular weight excluding hydrogens is 404 g/mol. The molecule has 7 nitrogen and oxygen atoms in total. The van der Waals surface area contributed by atoms with Crippen LogP contribution in [0.2, 0.25) is 0 Å². The topological polar surface area (TPSA) is 82.5 Å². The van der Waals surface area contributed by atoms with Gasteiger partial charge in [0.1, 0.15) is 5.54 Å². The predicted octanol–water partition coefficient (Wildman–Crippen LogP) is 2.19. The summed E-state index contributed by atoms with van der Waals surface area (Å²) in [4.78, 5) is 18.0. The van der Waals surface area contributed by atoms with E-state index < -0.39 is 17.7 Å². The molecule has 1 aromatic rings. The molecule has 0 spiro atoms. The zero-order valence-electron chi connectivity index (χ0n) is 15.7. The Hall–Kier alpha value is -1.03. The molecule has 1 amide bonds. The van der Waals surface area contributed by atoms with E-state index in [4.69, 9.17) is 9.57 Å². The van der Waals surface area contributed by atoms with Gasteiger partial charge in [-0.05, 0) is 49.4 Å². The molecule has 8 heteroatoms. The standard InChI is InChI=1S/C18H27BrN2O5/c1-12-9-13(2)14(15(19)10-12)11-16(22)21(24)18(17(23)25-3)5-7-20(26-4)8-6-18/h9-10,17,23-24H,5-8,11H2,1-4H3. The van der Waals surface area contributed by atoms with E-state index in [9.17, 15) is 15.1 Å². The molecule has 2 rings (SSSR count). The molecule has 1 atom stereocenters. The first-order chi connectivity index (χ1) is 12.2. The molecule has 26 heavy (non-hydrogen) atoms. The number of aliphatic hydroxyl groups is 1. The van der Waals surface area contributed by atoms with E-state index in [-0.39, 0.29) is 6.42 Å². The number of piperidine rings is 1. The van der Waals surface area contributed by atoms with Crippen molar-refractivity contribution in [3.63, 3.8) is 0 Å². The number of halogens is 1. The summed E-state index contributed by atoms with van der Waals surface area (Å²) >= 11 is 3.50. The van der Waals surface area contributed by atoms with E-state index >= 15 is 0 Å². The molecule has 1 saturated heterocycles. The van der Waals surface area contributed by atoms with Gasteiger partial charge in [0.2, 0.25) is 0 Å². The fourth-order valence-electron chi connectivity index (χ4n) is 3.48. The normalized spacial score (nSPS) is 18.6. The largest absolute Gasteiger partial charge is 0.366 e. The highest BCUT2D eigenvalue weighted by Gasteiger charge is 2.48. The second kappa shape index (κ2) is 8.77. The number of hydrogen-bond acceptors (Lipinski definition) is 6. The molecule has 1 heterocycles. The quantitative estimate of drug-likeness (QED) is 0.408. The lowest BCUT2D eigenvalue weighted by atomic mass is 9.86. The van der Waals surface area contributed by atoms with Crippen molar-refractivity contribution in [1.29, 1.82) is 0 Å². The molecule has 1 aliphatic heterocycles. The van der Waals surface area contributed by atoms with Crippen molar-refractivity contribution in [2.75, 3.05) is 27.3 Å². The Morgan fingerprint density at radius 2 is 1.96 bits per heavy atom. The summed E-state index contributed by atoms with van der Waals surface area (Å²) in [5.41, 5.74) is 1.67. The fraction of sp³-hybridized carbons (Fsp3) is 0.611. The van der Waals surface area contributed by atoms with Gasteiger partial charge in [-0.2, -0.15) is 5.06 Å². The third-order valence-electron chi connectivity index (χ3n) is 5.08. The van der Waals surface area contributed by atoms with Crippen molar-refractivity contribution in [2.24, 2.45) is 0 Å². The third kappa shape index (κ3) is 4.27. The number of carbonyl (C=O) groups is 1. The first-order valence-corrected chi connectivity index (χ1v) is 9.32. The van der Waals surface area contributed by atoms with Crippen molar-refractivity contribution in [3.8, 4) is 0 Å². The molecule has 1 aliphatic rings. The highest BCUT2D eigenvalue weighted by atomic mass is 79.9. The summed E-state index contributed by atoms with van der Waals surface area (Å²) in [5.74, 6) is -0.486. The number of hydrogen-bond donors (Lipinski definition) is 2. The number of aryl methyl sites for hydroxylation is 2. The number of benzene rings is 1. The number of aliphatic hydroxyl groups excluding tert-OH is 1. The highest BCUT2D eigenvalue weighted by Crippen LogP contribution is 2.33. The number of nitrogens with zero attached hydrogens (tertiary/aromatic N) is 2. The van der Waals surface area contributed by atoms with E-state index in [0.717, 1.165) is 21.2 Å². The molecule has 0 bridgehead atoms. The fourth-order valence-corrected chi connectivity index (χ4v) is 4.30. The van der Waals surface area contributed by atoms with Gasteiger partial charge in [-0.3, -0.25) is 10.0 Å². The van der Waals surface area contributed by atoms with Gasteiger partial charge in [-0.1, -0.05) is 22.0 Å². The number of carbonyl (C=O) groups excluding carboxylic acids is 1. The van der Waals surface area contributed by atoms with Crippen LogP contribution in [0.25, 0.3) is 0 Å². The lowest BCUT2D eigenvalue weighted by Crippen LogP contribution is -2.63. The first-order valence-electron chi connectivity index (χ1n) is 8.52. The second-order valence-corrected chi connectivity index (χ2v) is 7.58. The van der Waals surface area contributed by atoms with Crippen LogP contribution in [0, 0.1) is 13.8 Å². The van der Waals surface area contributed by atoms with E-state index in [0.29, 0.717) is 31.0 Å². The maximum absolute atomic E-state index is 12.8. The zero-order chi connectivity index (χ0) is 19.5. The molecule has 0 radical (unpaired) electrons. The summed E-state index contributed by atoms with van der Waals surface area (Å²) in [7, 11) is 2.92. The Balaban J connectivity index is 2.23. The average Bonchev–Trinajstić information content (AvgIpc) is 2.63. The van der Waals surface area contributed by atoms with Crippen molar-refractivity contribution < 1.29 is 24.7 Å². The average molecular weight is 431 g/mol. The van der Waals surface area contributed by atoms with Crippen LogP contribution < -0.4 is 0 Å². The number of rotatable bonds is 6. The van der Waals surface area contributed by atoms with Crippen LogP contribution in [0.1, 0.15) is 29.5 Å². The Morgan fingerprint density at radius 3 is 2.46 bits per heavy atom. The first kappa shape index (κ1) is 21.3. The minimum absolute atomic E-state index is 0.0232. The van der Waals surface area contributed by atoms with Crippen molar-refractivity contribution in [2.45, 2.75) is 44.9 Å². The number of hydroxylamine groups is 4. The van der Waals surface area contributed by atoms with Gasteiger partial charge in [-0.25, -0.2) is 5.06 Å². The minimum atomic E-state index is -1.29. The van der Waals surface area contributed by atoms with E-state index in [1.54, 1.807) is 12.2 Å². The van der Waals surface area contributed by atoms with Gasteiger partial charge in [0.25, 0.3) is 5.91 Å². The molecule has 1 fully saturated rings. The van der Waals surface area contributed by atoms with Gasteiger partial charge in [-0.15, -0.1) is 0 Å². The Morgan fingerprint density at radius 1 is 1.35 bits per heavy atom. The summed E-state index contributed by atoms with van der Waals surface area (Å²) in [6, 6.07) is 3.93. The van der Waals surface area contributed by atoms with Crippen LogP contribution in [0.4, 0.5) is 0 Å². The molecule has 0 aromatic heterocycles. The van der Waals surface area contributed by atoms with Crippen LogP contribution in [0.5, 0.6) is 0 Å². The zero-order valence-corrected chi connectivity index (χ0v) is 17.2. The maximum Gasteiger partial charge on any atom is 0.251 e. The summed E-state index contributed by atoms with van der Waals surface area (Å²) in [5, 5.41) is 23.5. The molecular formula is C18H27BrN2O5. The third-order valence-corrected chi connectivity index (χ3v) is 5.79. The van der Waals surface area contributed by atoms with Crippen LogP contribution >= 0.6 is 15.9 Å². The van der Waals surface area contributed by atoms with Gasteiger partial charge >= 0.3 is 0 Å². The van der Waals surface area contributed by atoms with Gasteiger partial charge in [0.05, 0.1) is 13.5 Å². The summed E-state index contributed by atoms with van der Waals surface area (Å²) in [6.45, 7) is 4.84. The van der Waals surface area contributed by atoms with Gasteiger partial charge in [0.15, 0.2) is 6.29 Å². The van der Waals surface area contributed by atoms with Gasteiger partial charge < -0.3 is 14.7 Å². The molecule has 1 aromatic carbocycles. The molecule has 0 aliphatic carbocycles. The maximum atomic E-state index is 12.8. The number of methoxy groups -OCH3 is 1. The molecule has 146 valence electrons. The summed E-state index contributed by atoms with van der Waals surface area (Å²) in [6.07, 6.45) is -0.619. The number of ether oxygens (including phenoxy) is 1. The SMILES string of the molecule is COC(O)C1(N(O)C(=O)Cc2c(C)cc(C)cc2Br)CCN(OC)CC1. The monoisotopic (exact) mass is 430 g/mol. The van der Waals surface area contributed by atoms with Crippen molar-refractivity contribution >= 4 is 21.8 Å². The van der Waals surface area contributed by atoms with Crippen LogP contribution in [-0.2, 0) is 20.8 Å². The second-order valence-electron chi connectivity index (χ2n) is 6.73. The van der Waals surface area contributed by atoms with E-state index in [1.165, 1.54) is 7.11 Å². The minimum Gasteiger partial charge on any atom is -0.366 e. The Bertz CT molecular complexity index is 623. The molecule has 2 N–H and O–H groups in total. The van der Waals surface area contributed by atoms with Crippen LogP contribution in [0.3, 0.4) is 0 Å². The molecule has 1 unspecified atom stereocenters. The Kier molecular flexibility index (Phi) is 7.18. The predicted molar refractivity (Wildman–Crippen MR) is 99.5 cm³/mol. The number of amides is 1. The van der Waals surface area contributed by atoms with Crippen molar-refractivity contribution in [1.82, 2.24) is 10.1 Å². The lowest BCUT2D eigenvalue weighted by molar-refractivity contribution is -0.277. The highest BCUT2D eigenvalue weighted by molar-refractivity contribution is 9.10. The van der Waals surface area contributed by atoms with Crippen LogP contribution in [0.15, 0.2) is 16.6 Å². The van der Waals surface area contributed by atoms with E-state index in [1.807, 2.05) is 26.0 Å².